The third-order valence-corrected chi connectivity index (χ3v) is 3.06. The topological polar surface area (TPSA) is 89.1 Å². The van der Waals surface area contributed by atoms with Crippen LogP contribution in [0.15, 0.2) is 29.0 Å². The molecule has 2 aromatic rings. The minimum Gasteiger partial charge on any atom is -0.480 e. The zero-order chi connectivity index (χ0) is 12.4. The van der Waals surface area contributed by atoms with E-state index in [0.29, 0.717) is 11.0 Å². The van der Waals surface area contributed by atoms with E-state index in [-0.39, 0.29) is 6.42 Å². The number of nitrogens with two attached hydrogens (primary N) is 1. The second-order valence-electron chi connectivity index (χ2n) is 3.61. The van der Waals surface area contributed by atoms with Gasteiger partial charge in [0, 0.05) is 23.3 Å². The summed E-state index contributed by atoms with van der Waals surface area (Å²) in [5.41, 5.74) is 7.69. The number of hydrogen-bond acceptors (Lipinski definition) is 4. The number of hydrogen-bond donors (Lipinski definition) is 2. The van der Waals surface area contributed by atoms with Crippen molar-refractivity contribution in [2.45, 2.75) is 12.5 Å². The van der Waals surface area contributed by atoms with E-state index in [0.717, 1.165) is 10.0 Å². The van der Waals surface area contributed by atoms with Gasteiger partial charge in [-0.25, -0.2) is 0 Å². The van der Waals surface area contributed by atoms with Crippen LogP contribution in [0.3, 0.4) is 0 Å². The molecule has 1 unspecified atom stereocenters. The van der Waals surface area contributed by atoms with Gasteiger partial charge in [0.05, 0.1) is 5.52 Å². The van der Waals surface area contributed by atoms with Crippen LogP contribution < -0.4 is 5.73 Å². The fourth-order valence-corrected chi connectivity index (χ4v) is 1.99. The van der Waals surface area contributed by atoms with Crippen molar-refractivity contribution in [2.75, 3.05) is 0 Å². The molecule has 0 bridgehead atoms. The molecule has 6 heteroatoms. The van der Waals surface area contributed by atoms with Crippen LogP contribution in [0.1, 0.15) is 5.56 Å². The van der Waals surface area contributed by atoms with E-state index in [4.69, 9.17) is 10.8 Å². The molecule has 3 N–H and O–H groups in total. The lowest BCUT2D eigenvalue weighted by molar-refractivity contribution is -0.138. The molecule has 1 heterocycles. The van der Waals surface area contributed by atoms with E-state index in [1.54, 1.807) is 12.4 Å². The van der Waals surface area contributed by atoms with Gasteiger partial charge in [0.15, 0.2) is 0 Å². The van der Waals surface area contributed by atoms with Gasteiger partial charge in [0.1, 0.15) is 11.6 Å². The quantitative estimate of drug-likeness (QED) is 0.892. The normalized spacial score (nSPS) is 12.6. The standard InChI is InChI=1S/C11H10BrN3O2/c12-7-2-1-6(5-8(13)11(16)17)9-10(7)15-4-3-14-9/h1-4,8H,5,13H2,(H,16,17). The van der Waals surface area contributed by atoms with Gasteiger partial charge in [-0.1, -0.05) is 6.07 Å². The number of aromatic nitrogens is 2. The average Bonchev–Trinajstić information content (AvgIpc) is 2.33. The van der Waals surface area contributed by atoms with Crippen LogP contribution in [0.4, 0.5) is 0 Å². The van der Waals surface area contributed by atoms with Crippen LogP contribution >= 0.6 is 15.9 Å². The summed E-state index contributed by atoms with van der Waals surface area (Å²) in [6.45, 7) is 0. The first kappa shape index (κ1) is 11.9. The summed E-state index contributed by atoms with van der Waals surface area (Å²) in [6.07, 6.45) is 3.40. The first-order valence-electron chi connectivity index (χ1n) is 4.96. The molecule has 0 saturated heterocycles. The van der Waals surface area contributed by atoms with Crippen LogP contribution in [0.25, 0.3) is 11.0 Å². The van der Waals surface area contributed by atoms with Crippen molar-refractivity contribution in [3.63, 3.8) is 0 Å². The van der Waals surface area contributed by atoms with E-state index in [1.807, 2.05) is 12.1 Å². The highest BCUT2D eigenvalue weighted by Gasteiger charge is 2.15. The second-order valence-corrected chi connectivity index (χ2v) is 4.46. The fourth-order valence-electron chi connectivity index (χ4n) is 1.57. The maximum atomic E-state index is 10.7. The number of carboxylic acid groups (broad SMARTS) is 1. The molecule has 0 saturated carbocycles. The maximum Gasteiger partial charge on any atom is 0.320 e. The Balaban J connectivity index is 2.48. The fraction of sp³-hybridized carbons (Fsp3) is 0.182. The van der Waals surface area contributed by atoms with Crippen molar-refractivity contribution in [3.8, 4) is 0 Å². The predicted octanol–water partition coefficient (Wildman–Crippen LogP) is 1.35. The number of halogens is 1. The lowest BCUT2D eigenvalue weighted by atomic mass is 10.0. The molecule has 1 aromatic carbocycles. The minimum absolute atomic E-state index is 0.234. The van der Waals surface area contributed by atoms with E-state index >= 15 is 0 Å². The van der Waals surface area contributed by atoms with Gasteiger partial charge < -0.3 is 10.8 Å². The van der Waals surface area contributed by atoms with Gasteiger partial charge in [-0.05, 0) is 27.6 Å². The van der Waals surface area contributed by atoms with E-state index < -0.39 is 12.0 Å². The van der Waals surface area contributed by atoms with Gasteiger partial charge in [-0.15, -0.1) is 0 Å². The highest BCUT2D eigenvalue weighted by atomic mass is 79.9. The summed E-state index contributed by atoms with van der Waals surface area (Å²) in [4.78, 5) is 19.1. The smallest absolute Gasteiger partial charge is 0.320 e. The maximum absolute atomic E-state index is 10.7. The Kier molecular flexibility index (Phi) is 3.35. The van der Waals surface area contributed by atoms with Crippen LogP contribution in [-0.4, -0.2) is 27.1 Å². The van der Waals surface area contributed by atoms with Crippen molar-refractivity contribution in [3.05, 3.63) is 34.6 Å². The molecule has 0 aliphatic heterocycles. The Morgan fingerprint density at radius 2 is 2.00 bits per heavy atom. The van der Waals surface area contributed by atoms with Gasteiger partial charge in [0.2, 0.25) is 0 Å². The van der Waals surface area contributed by atoms with Crippen LogP contribution in [0.2, 0.25) is 0 Å². The number of carboxylic acids is 1. The molecule has 0 spiro atoms. The third-order valence-electron chi connectivity index (χ3n) is 2.42. The summed E-state index contributed by atoms with van der Waals surface area (Å²) in [5.74, 6) is -1.02. The highest BCUT2D eigenvalue weighted by Crippen LogP contribution is 2.23. The number of aliphatic carboxylic acids is 1. The highest BCUT2D eigenvalue weighted by molar-refractivity contribution is 9.10. The zero-order valence-corrected chi connectivity index (χ0v) is 10.4. The van der Waals surface area contributed by atoms with E-state index in [1.165, 1.54) is 0 Å². The van der Waals surface area contributed by atoms with Crippen molar-refractivity contribution in [2.24, 2.45) is 5.73 Å². The predicted molar refractivity (Wildman–Crippen MR) is 66.6 cm³/mol. The molecule has 5 nitrogen and oxygen atoms in total. The van der Waals surface area contributed by atoms with Crippen molar-refractivity contribution >= 4 is 32.9 Å². The van der Waals surface area contributed by atoms with Gasteiger partial charge >= 0.3 is 5.97 Å². The van der Waals surface area contributed by atoms with Crippen LogP contribution in [0.5, 0.6) is 0 Å². The molecule has 1 atom stereocenters. The SMILES string of the molecule is NC(Cc1ccc(Br)c2nccnc12)C(=O)O. The summed E-state index contributed by atoms with van der Waals surface area (Å²) >= 11 is 3.38. The number of benzene rings is 1. The average molecular weight is 296 g/mol. The van der Waals surface area contributed by atoms with Crippen molar-refractivity contribution in [1.82, 2.24) is 9.97 Å². The Hall–Kier alpha value is -1.53. The number of carbonyl (C=O) groups is 1. The van der Waals surface area contributed by atoms with E-state index in [2.05, 4.69) is 25.9 Å². The van der Waals surface area contributed by atoms with Gasteiger partial charge in [-0.3, -0.25) is 14.8 Å². The zero-order valence-electron chi connectivity index (χ0n) is 8.80. The summed E-state index contributed by atoms with van der Waals surface area (Å²) in [6, 6.07) is 2.70. The van der Waals surface area contributed by atoms with Gasteiger partial charge in [0.25, 0.3) is 0 Å². The first-order valence-corrected chi connectivity index (χ1v) is 5.75. The molecule has 88 valence electrons. The molecule has 2 rings (SSSR count). The molecular formula is C11H10BrN3O2. The number of rotatable bonds is 3. The second kappa shape index (κ2) is 4.77. The van der Waals surface area contributed by atoms with Crippen molar-refractivity contribution in [1.29, 1.82) is 0 Å². The Morgan fingerprint density at radius 3 is 2.65 bits per heavy atom. The minimum atomic E-state index is -1.02. The summed E-state index contributed by atoms with van der Waals surface area (Å²) < 4.78 is 0.827. The summed E-state index contributed by atoms with van der Waals surface area (Å²) in [7, 11) is 0. The molecule has 0 aliphatic carbocycles. The number of nitrogens with zero attached hydrogens (tertiary/aromatic N) is 2. The van der Waals surface area contributed by atoms with Gasteiger partial charge in [-0.2, -0.15) is 0 Å². The van der Waals surface area contributed by atoms with Crippen LogP contribution in [0, 0.1) is 0 Å². The van der Waals surface area contributed by atoms with Crippen LogP contribution in [-0.2, 0) is 11.2 Å². The Bertz CT molecular complexity index is 574. The third kappa shape index (κ3) is 2.42. The molecule has 0 amide bonds. The largest absolute Gasteiger partial charge is 0.480 e. The summed E-state index contributed by atoms with van der Waals surface area (Å²) in [5, 5.41) is 8.80. The lowest BCUT2D eigenvalue weighted by Crippen LogP contribution is -2.32. The molecule has 17 heavy (non-hydrogen) atoms. The van der Waals surface area contributed by atoms with Crippen molar-refractivity contribution < 1.29 is 9.90 Å². The molecule has 0 radical (unpaired) electrons. The molecule has 0 aliphatic rings. The lowest BCUT2D eigenvalue weighted by Gasteiger charge is -2.09. The van der Waals surface area contributed by atoms with E-state index in [9.17, 15) is 4.79 Å². The number of fused-ring (bicyclic) bond motifs is 1. The monoisotopic (exact) mass is 295 g/mol. The molecule has 0 fully saturated rings. The molecular weight excluding hydrogens is 286 g/mol. The Labute approximate surface area is 106 Å². The first-order chi connectivity index (χ1) is 8.09. The molecule has 1 aromatic heterocycles. The Morgan fingerprint density at radius 1 is 1.35 bits per heavy atom.